The normalized spacial score (nSPS) is 12.3. The van der Waals surface area contributed by atoms with Crippen LogP contribution in [0, 0.1) is 5.82 Å². The first-order valence-corrected chi connectivity index (χ1v) is 10.7. The highest BCUT2D eigenvalue weighted by molar-refractivity contribution is 7.92. The lowest BCUT2D eigenvalue weighted by atomic mass is 10.1. The second-order valence-electron chi connectivity index (χ2n) is 6.14. The van der Waals surface area contributed by atoms with Gasteiger partial charge in [-0.3, -0.25) is 9.10 Å². The van der Waals surface area contributed by atoms with Gasteiger partial charge in [0, 0.05) is 11.6 Å². The van der Waals surface area contributed by atoms with Gasteiger partial charge >= 0.3 is 0 Å². The summed E-state index contributed by atoms with van der Waals surface area (Å²) in [6, 6.07) is 9.21. The summed E-state index contributed by atoms with van der Waals surface area (Å²) in [5.74, 6) is -0.586. The van der Waals surface area contributed by atoms with E-state index in [2.05, 4.69) is 5.32 Å². The molecule has 0 radical (unpaired) electrons. The zero-order chi connectivity index (χ0) is 20.9. The molecular formula is C19H22ClFN2O4S. The third kappa shape index (κ3) is 5.36. The van der Waals surface area contributed by atoms with Gasteiger partial charge in [0.05, 0.1) is 19.1 Å². The molecule has 0 aromatic heterocycles. The molecule has 1 amide bonds. The first-order valence-electron chi connectivity index (χ1n) is 8.52. The number of rotatable bonds is 8. The molecule has 0 spiro atoms. The first kappa shape index (κ1) is 22.0. The minimum atomic E-state index is -3.83. The Bertz CT molecular complexity index is 935. The van der Waals surface area contributed by atoms with Crippen LogP contribution in [0.2, 0.25) is 5.02 Å². The molecular weight excluding hydrogens is 407 g/mol. The molecule has 2 aromatic rings. The lowest BCUT2D eigenvalue weighted by molar-refractivity contribution is -0.122. The van der Waals surface area contributed by atoms with Crippen molar-refractivity contribution in [3.8, 4) is 5.75 Å². The minimum Gasteiger partial charge on any atom is -0.495 e. The van der Waals surface area contributed by atoms with E-state index in [1.807, 2.05) is 0 Å². The number of ether oxygens (including phenoxy) is 1. The number of hydrogen-bond donors (Lipinski definition) is 1. The summed E-state index contributed by atoms with van der Waals surface area (Å²) in [5, 5.41) is 3.01. The van der Waals surface area contributed by atoms with E-state index in [4.69, 9.17) is 16.3 Å². The van der Waals surface area contributed by atoms with Gasteiger partial charge in [-0.05, 0) is 42.3 Å². The highest BCUT2D eigenvalue weighted by atomic mass is 35.5. The van der Waals surface area contributed by atoms with Crippen molar-refractivity contribution in [2.45, 2.75) is 25.9 Å². The third-order valence-corrected chi connectivity index (χ3v) is 5.49. The van der Waals surface area contributed by atoms with Crippen LogP contribution in [-0.2, 0) is 21.4 Å². The Morgan fingerprint density at radius 2 is 1.89 bits per heavy atom. The largest absolute Gasteiger partial charge is 0.495 e. The number of nitrogens with one attached hydrogen (secondary N) is 1. The Morgan fingerprint density at radius 1 is 1.25 bits per heavy atom. The monoisotopic (exact) mass is 428 g/mol. The van der Waals surface area contributed by atoms with E-state index < -0.39 is 22.0 Å². The van der Waals surface area contributed by atoms with Crippen molar-refractivity contribution in [2.24, 2.45) is 0 Å². The van der Waals surface area contributed by atoms with Crippen molar-refractivity contribution in [3.63, 3.8) is 0 Å². The van der Waals surface area contributed by atoms with Gasteiger partial charge < -0.3 is 10.1 Å². The maximum absolute atomic E-state index is 13.0. The topological polar surface area (TPSA) is 75.7 Å². The fourth-order valence-corrected chi connectivity index (χ4v) is 4.15. The number of carbonyl (C=O) groups excluding carboxylic acids is 1. The smallest absolute Gasteiger partial charge is 0.244 e. The van der Waals surface area contributed by atoms with Gasteiger partial charge in [0.15, 0.2) is 0 Å². The van der Waals surface area contributed by atoms with E-state index in [1.54, 1.807) is 31.2 Å². The number of halogens is 2. The number of anilines is 1. The molecule has 6 nitrogen and oxygen atoms in total. The van der Waals surface area contributed by atoms with Gasteiger partial charge in [-0.25, -0.2) is 12.8 Å². The Labute approximate surface area is 169 Å². The zero-order valence-corrected chi connectivity index (χ0v) is 17.3. The van der Waals surface area contributed by atoms with Crippen LogP contribution in [0.15, 0.2) is 42.5 Å². The molecule has 0 aliphatic carbocycles. The molecule has 2 aromatic carbocycles. The van der Waals surface area contributed by atoms with E-state index in [0.717, 1.165) is 10.6 Å². The Hall–Kier alpha value is -2.32. The van der Waals surface area contributed by atoms with Crippen molar-refractivity contribution < 1.29 is 22.3 Å². The number of amides is 1. The number of benzene rings is 2. The van der Waals surface area contributed by atoms with Crippen molar-refractivity contribution in [1.82, 2.24) is 5.32 Å². The van der Waals surface area contributed by atoms with E-state index in [1.165, 1.54) is 25.3 Å². The SMILES string of the molecule is CC[C@@H](C(=O)NCc1ccc(F)cc1)N(c1cc(Cl)ccc1OC)S(C)(=O)=O. The average Bonchev–Trinajstić information content (AvgIpc) is 2.64. The lowest BCUT2D eigenvalue weighted by Gasteiger charge is -2.31. The molecule has 1 N–H and O–H groups in total. The Kier molecular flexibility index (Phi) is 7.26. The van der Waals surface area contributed by atoms with Crippen LogP contribution in [0.1, 0.15) is 18.9 Å². The van der Waals surface area contributed by atoms with E-state index in [0.29, 0.717) is 10.6 Å². The summed E-state index contributed by atoms with van der Waals surface area (Å²) in [5.41, 5.74) is 0.872. The first-order chi connectivity index (χ1) is 13.2. The lowest BCUT2D eigenvalue weighted by Crippen LogP contribution is -2.49. The molecule has 0 aliphatic rings. The van der Waals surface area contributed by atoms with Gasteiger partial charge in [-0.2, -0.15) is 0 Å². The van der Waals surface area contributed by atoms with Gasteiger partial charge in [-0.1, -0.05) is 30.7 Å². The molecule has 0 fully saturated rings. The standard InChI is InChI=1S/C19H22ClFN2O4S/c1-4-16(19(24)22-12-13-5-8-15(21)9-6-13)23(28(3,25)26)17-11-14(20)7-10-18(17)27-2/h5-11,16H,4,12H2,1-3H3,(H,22,24)/t16-/m0/s1. The van der Waals surface area contributed by atoms with Crippen molar-refractivity contribution in [2.75, 3.05) is 17.7 Å². The molecule has 0 unspecified atom stereocenters. The highest BCUT2D eigenvalue weighted by Crippen LogP contribution is 2.34. The minimum absolute atomic E-state index is 0.139. The molecule has 9 heteroatoms. The fraction of sp³-hybridized carbons (Fsp3) is 0.316. The number of nitrogens with zero attached hydrogens (tertiary/aromatic N) is 1. The molecule has 0 saturated carbocycles. The maximum Gasteiger partial charge on any atom is 0.244 e. The van der Waals surface area contributed by atoms with Crippen molar-refractivity contribution in [3.05, 3.63) is 58.9 Å². The second kappa shape index (κ2) is 9.25. The average molecular weight is 429 g/mol. The molecule has 0 aliphatic heterocycles. The van der Waals surface area contributed by atoms with Crippen LogP contribution in [0.5, 0.6) is 5.75 Å². The summed E-state index contributed by atoms with van der Waals surface area (Å²) in [4.78, 5) is 12.8. The second-order valence-corrected chi connectivity index (χ2v) is 8.44. The van der Waals surface area contributed by atoms with Crippen molar-refractivity contribution in [1.29, 1.82) is 0 Å². The van der Waals surface area contributed by atoms with E-state index in [-0.39, 0.29) is 30.2 Å². The summed E-state index contributed by atoms with van der Waals surface area (Å²) < 4.78 is 44.4. The number of methoxy groups -OCH3 is 1. The summed E-state index contributed by atoms with van der Waals surface area (Å²) in [7, 11) is -2.42. The summed E-state index contributed by atoms with van der Waals surface area (Å²) >= 11 is 6.04. The highest BCUT2D eigenvalue weighted by Gasteiger charge is 2.33. The number of hydrogen-bond acceptors (Lipinski definition) is 4. The third-order valence-electron chi connectivity index (χ3n) is 4.09. The van der Waals surface area contributed by atoms with Gasteiger partial charge in [0.25, 0.3) is 0 Å². The molecule has 2 rings (SSSR count). The van der Waals surface area contributed by atoms with Crippen LogP contribution in [0.4, 0.5) is 10.1 Å². The van der Waals surface area contributed by atoms with Crippen LogP contribution in [-0.4, -0.2) is 33.7 Å². The molecule has 0 heterocycles. The van der Waals surface area contributed by atoms with Gasteiger partial charge in [0.2, 0.25) is 15.9 Å². The molecule has 0 bridgehead atoms. The summed E-state index contributed by atoms with van der Waals surface area (Å²) in [6.45, 7) is 1.84. The fourth-order valence-electron chi connectivity index (χ4n) is 2.78. The van der Waals surface area contributed by atoms with Crippen molar-refractivity contribution >= 4 is 33.2 Å². The Balaban J connectivity index is 2.34. The molecule has 0 saturated heterocycles. The quantitative estimate of drug-likeness (QED) is 0.699. The number of carbonyl (C=O) groups is 1. The van der Waals surface area contributed by atoms with Crippen LogP contribution >= 0.6 is 11.6 Å². The van der Waals surface area contributed by atoms with Crippen LogP contribution in [0.25, 0.3) is 0 Å². The number of sulfonamides is 1. The van der Waals surface area contributed by atoms with Gasteiger partial charge in [-0.15, -0.1) is 0 Å². The Morgan fingerprint density at radius 3 is 2.43 bits per heavy atom. The van der Waals surface area contributed by atoms with Crippen LogP contribution < -0.4 is 14.4 Å². The zero-order valence-electron chi connectivity index (χ0n) is 15.8. The maximum atomic E-state index is 13.0. The predicted molar refractivity (Wildman–Crippen MR) is 108 cm³/mol. The van der Waals surface area contributed by atoms with E-state index in [9.17, 15) is 17.6 Å². The van der Waals surface area contributed by atoms with E-state index >= 15 is 0 Å². The molecule has 152 valence electrons. The van der Waals surface area contributed by atoms with Crippen LogP contribution in [0.3, 0.4) is 0 Å². The summed E-state index contributed by atoms with van der Waals surface area (Å²) in [6.07, 6.45) is 1.24. The molecule has 28 heavy (non-hydrogen) atoms. The van der Waals surface area contributed by atoms with Gasteiger partial charge in [0.1, 0.15) is 17.6 Å². The predicted octanol–water partition coefficient (Wildman–Crippen LogP) is 3.35. The molecule has 1 atom stereocenters.